The van der Waals surface area contributed by atoms with Gasteiger partial charge in [0.1, 0.15) is 0 Å². The molecule has 0 atom stereocenters. The minimum Gasteiger partial charge on any atom is -0.465 e. The van der Waals surface area contributed by atoms with E-state index in [4.69, 9.17) is 4.74 Å². The molecular formula is C16H28O2. The molecule has 0 spiro atoms. The third-order valence-electron chi connectivity index (χ3n) is 3.48. The molecule has 0 saturated heterocycles. The van der Waals surface area contributed by atoms with Crippen molar-refractivity contribution in [3.8, 4) is 0 Å². The Morgan fingerprint density at radius 3 is 1.94 bits per heavy atom. The zero-order valence-corrected chi connectivity index (χ0v) is 11.7. The second-order valence-corrected chi connectivity index (χ2v) is 5.22. The maximum Gasteiger partial charge on any atom is 0.309 e. The predicted molar refractivity (Wildman–Crippen MR) is 75.5 cm³/mol. The van der Waals surface area contributed by atoms with Gasteiger partial charge in [0.2, 0.25) is 0 Å². The third kappa shape index (κ3) is 9.26. The van der Waals surface area contributed by atoms with Crippen molar-refractivity contribution in [2.75, 3.05) is 6.61 Å². The average Bonchev–Trinajstić information content (AvgIpc) is 2.37. The van der Waals surface area contributed by atoms with E-state index in [-0.39, 0.29) is 5.97 Å². The molecule has 0 radical (unpaired) electrons. The predicted octanol–water partition coefficient (Wildman–Crippen LogP) is 4.78. The maximum atomic E-state index is 11.4. The van der Waals surface area contributed by atoms with Crippen LogP contribution in [0.15, 0.2) is 12.2 Å². The molecule has 18 heavy (non-hydrogen) atoms. The quantitative estimate of drug-likeness (QED) is 0.458. The Balaban J connectivity index is 2.18. The van der Waals surface area contributed by atoms with E-state index >= 15 is 0 Å². The van der Waals surface area contributed by atoms with Crippen molar-refractivity contribution in [1.82, 2.24) is 0 Å². The van der Waals surface area contributed by atoms with Crippen LogP contribution in [0.5, 0.6) is 0 Å². The highest BCUT2D eigenvalue weighted by Crippen LogP contribution is 2.12. The Bertz CT molecular complexity index is 233. The molecule has 1 aliphatic rings. The number of carbonyl (C=O) groups is 1. The Morgan fingerprint density at radius 2 is 1.28 bits per heavy atom. The number of hydrogen-bond donors (Lipinski definition) is 0. The molecule has 0 aromatic carbocycles. The SMILES string of the molecule is O=C1CC=CCCCCCCCCCCCCO1. The van der Waals surface area contributed by atoms with Gasteiger partial charge in [-0.2, -0.15) is 0 Å². The van der Waals surface area contributed by atoms with E-state index in [1.54, 1.807) is 0 Å². The fourth-order valence-electron chi connectivity index (χ4n) is 2.32. The van der Waals surface area contributed by atoms with Crippen LogP contribution in [0.2, 0.25) is 0 Å². The molecule has 0 amide bonds. The van der Waals surface area contributed by atoms with Crippen molar-refractivity contribution in [2.24, 2.45) is 0 Å². The largest absolute Gasteiger partial charge is 0.465 e. The average molecular weight is 252 g/mol. The van der Waals surface area contributed by atoms with Crippen molar-refractivity contribution in [1.29, 1.82) is 0 Å². The zero-order chi connectivity index (χ0) is 12.9. The lowest BCUT2D eigenvalue weighted by atomic mass is 10.1. The number of allylic oxidation sites excluding steroid dienone is 1. The molecule has 0 aromatic rings. The van der Waals surface area contributed by atoms with Gasteiger partial charge >= 0.3 is 5.97 Å². The van der Waals surface area contributed by atoms with Crippen LogP contribution < -0.4 is 0 Å². The minimum atomic E-state index is -0.0735. The van der Waals surface area contributed by atoms with Gasteiger partial charge < -0.3 is 4.74 Å². The highest BCUT2D eigenvalue weighted by molar-refractivity contribution is 5.71. The first-order chi connectivity index (χ1) is 8.89. The fraction of sp³-hybridized carbons (Fsp3) is 0.812. The summed E-state index contributed by atoms with van der Waals surface area (Å²) < 4.78 is 5.18. The van der Waals surface area contributed by atoms with Crippen molar-refractivity contribution in [3.05, 3.63) is 12.2 Å². The number of rotatable bonds is 0. The lowest BCUT2D eigenvalue weighted by Crippen LogP contribution is -2.04. The third-order valence-corrected chi connectivity index (χ3v) is 3.48. The molecule has 0 aromatic heterocycles. The summed E-state index contributed by atoms with van der Waals surface area (Å²) in [5.74, 6) is -0.0735. The van der Waals surface area contributed by atoms with Crippen LogP contribution >= 0.6 is 0 Å². The van der Waals surface area contributed by atoms with Gasteiger partial charge in [-0.15, -0.1) is 0 Å². The van der Waals surface area contributed by atoms with Crippen LogP contribution in [-0.2, 0) is 9.53 Å². The van der Waals surface area contributed by atoms with Crippen molar-refractivity contribution in [3.63, 3.8) is 0 Å². The van der Waals surface area contributed by atoms with Crippen LogP contribution in [0, 0.1) is 0 Å². The Morgan fingerprint density at radius 1 is 0.722 bits per heavy atom. The summed E-state index contributed by atoms with van der Waals surface area (Å²) in [5, 5.41) is 0. The lowest BCUT2D eigenvalue weighted by Gasteiger charge is -2.03. The monoisotopic (exact) mass is 252 g/mol. The summed E-state index contributed by atoms with van der Waals surface area (Å²) >= 11 is 0. The summed E-state index contributed by atoms with van der Waals surface area (Å²) in [4.78, 5) is 11.4. The van der Waals surface area contributed by atoms with Crippen LogP contribution in [0.4, 0.5) is 0 Å². The van der Waals surface area contributed by atoms with Gasteiger partial charge in [-0.05, 0) is 19.3 Å². The fourth-order valence-corrected chi connectivity index (χ4v) is 2.32. The molecule has 0 saturated carbocycles. The standard InChI is InChI=1S/C16H28O2/c17-16-14-12-10-8-6-4-2-1-3-5-7-9-11-13-15-18-16/h10,12H,1-9,11,13-15H2. The molecule has 2 nitrogen and oxygen atoms in total. The van der Waals surface area contributed by atoms with Crippen molar-refractivity contribution < 1.29 is 9.53 Å². The Hall–Kier alpha value is -0.790. The van der Waals surface area contributed by atoms with E-state index in [9.17, 15) is 4.79 Å². The number of esters is 1. The smallest absolute Gasteiger partial charge is 0.309 e. The molecule has 0 bridgehead atoms. The first kappa shape index (κ1) is 15.3. The second kappa shape index (κ2) is 11.3. The van der Waals surface area contributed by atoms with Crippen LogP contribution in [0.25, 0.3) is 0 Å². The molecular weight excluding hydrogens is 224 g/mol. The Kier molecular flexibility index (Phi) is 9.59. The van der Waals surface area contributed by atoms with Crippen LogP contribution in [-0.4, -0.2) is 12.6 Å². The summed E-state index contributed by atoms with van der Waals surface area (Å²) in [6.07, 6.45) is 18.6. The first-order valence-electron chi connectivity index (χ1n) is 7.70. The summed E-state index contributed by atoms with van der Waals surface area (Å²) in [6.45, 7) is 0.604. The van der Waals surface area contributed by atoms with Gasteiger partial charge in [-0.25, -0.2) is 0 Å². The van der Waals surface area contributed by atoms with Crippen molar-refractivity contribution >= 4 is 5.97 Å². The topological polar surface area (TPSA) is 26.3 Å². The number of hydrogen-bond acceptors (Lipinski definition) is 2. The number of carbonyl (C=O) groups excluding carboxylic acids is 1. The highest BCUT2D eigenvalue weighted by atomic mass is 16.5. The molecule has 104 valence electrons. The number of ether oxygens (including phenoxy) is 1. The zero-order valence-electron chi connectivity index (χ0n) is 11.7. The summed E-state index contributed by atoms with van der Waals surface area (Å²) in [7, 11) is 0. The van der Waals surface area contributed by atoms with Gasteiger partial charge in [-0.3, -0.25) is 4.79 Å². The van der Waals surface area contributed by atoms with Gasteiger partial charge in [0.15, 0.2) is 0 Å². The van der Waals surface area contributed by atoms with Crippen LogP contribution in [0.1, 0.15) is 77.0 Å². The lowest BCUT2D eigenvalue weighted by molar-refractivity contribution is -0.142. The van der Waals surface area contributed by atoms with E-state index in [2.05, 4.69) is 6.08 Å². The molecule has 1 rings (SSSR count). The molecule has 0 unspecified atom stereocenters. The van der Waals surface area contributed by atoms with E-state index in [1.807, 2.05) is 6.08 Å². The van der Waals surface area contributed by atoms with E-state index in [0.29, 0.717) is 13.0 Å². The highest BCUT2D eigenvalue weighted by Gasteiger charge is 1.99. The van der Waals surface area contributed by atoms with Gasteiger partial charge in [0.25, 0.3) is 0 Å². The summed E-state index contributed by atoms with van der Waals surface area (Å²) in [5.41, 5.74) is 0. The molecule has 1 aliphatic heterocycles. The normalized spacial score (nSPS) is 22.1. The van der Waals surface area contributed by atoms with Gasteiger partial charge in [0.05, 0.1) is 13.0 Å². The van der Waals surface area contributed by atoms with E-state index in [0.717, 1.165) is 12.8 Å². The van der Waals surface area contributed by atoms with Gasteiger partial charge in [0, 0.05) is 0 Å². The van der Waals surface area contributed by atoms with E-state index < -0.39 is 0 Å². The molecule has 1 heterocycles. The maximum absolute atomic E-state index is 11.4. The van der Waals surface area contributed by atoms with Gasteiger partial charge in [-0.1, -0.05) is 63.5 Å². The van der Waals surface area contributed by atoms with Crippen LogP contribution in [0.3, 0.4) is 0 Å². The molecule has 0 fully saturated rings. The minimum absolute atomic E-state index is 0.0735. The first-order valence-corrected chi connectivity index (χ1v) is 7.70. The second-order valence-electron chi connectivity index (χ2n) is 5.22. The number of cyclic esters (lactones) is 1. The van der Waals surface area contributed by atoms with Crippen molar-refractivity contribution in [2.45, 2.75) is 77.0 Å². The molecule has 2 heteroatoms. The molecule has 0 aliphatic carbocycles. The summed E-state index contributed by atoms with van der Waals surface area (Å²) in [6, 6.07) is 0. The van der Waals surface area contributed by atoms with E-state index in [1.165, 1.54) is 57.8 Å². The Labute approximate surface area is 112 Å². The molecule has 0 N–H and O–H groups in total.